The van der Waals surface area contributed by atoms with E-state index in [1.54, 1.807) is 24.3 Å². The average molecular weight is 437 g/mol. The minimum atomic E-state index is -0.538. The lowest BCUT2D eigenvalue weighted by Crippen LogP contribution is -2.48. The van der Waals surface area contributed by atoms with E-state index in [1.807, 2.05) is 4.90 Å². The number of ether oxygens (including phenoxy) is 3. The maximum atomic E-state index is 13.6. The lowest BCUT2D eigenvalue weighted by molar-refractivity contribution is -0.119. The Bertz CT molecular complexity index is 1040. The number of hydrogen-bond acceptors (Lipinski definition) is 5. The Labute approximate surface area is 187 Å². The van der Waals surface area contributed by atoms with E-state index in [9.17, 15) is 9.59 Å². The Morgan fingerprint density at radius 3 is 2.41 bits per heavy atom. The summed E-state index contributed by atoms with van der Waals surface area (Å²) >= 11 is 0. The standard InChI is InChI=1S/C25H28N2O5/c1-16-19-12-21-22(31-11-10-30-21)13-20(19)25(8-2-3-9-25)15-27(16)24(29)17-4-6-18(7-5-17)32-14-23(26)28/h4-7,12-13,16H,2-3,8-11,14-15H2,1H3,(H2,26,28). The molecular formula is C25H28N2O5. The summed E-state index contributed by atoms with van der Waals surface area (Å²) in [5, 5.41) is 0. The van der Waals surface area contributed by atoms with Crippen LogP contribution < -0.4 is 19.9 Å². The van der Waals surface area contributed by atoms with Gasteiger partial charge >= 0.3 is 0 Å². The van der Waals surface area contributed by atoms with Gasteiger partial charge in [-0.25, -0.2) is 0 Å². The van der Waals surface area contributed by atoms with Crippen LogP contribution in [0.3, 0.4) is 0 Å². The highest BCUT2D eigenvalue weighted by molar-refractivity contribution is 5.95. The number of rotatable bonds is 4. The molecule has 1 fully saturated rings. The molecule has 1 saturated carbocycles. The Kier molecular flexibility index (Phi) is 5.19. The van der Waals surface area contributed by atoms with Gasteiger partial charge in [-0.15, -0.1) is 0 Å². The third kappa shape index (κ3) is 3.55. The summed E-state index contributed by atoms with van der Waals surface area (Å²) in [5.41, 5.74) is 8.14. The zero-order valence-electron chi connectivity index (χ0n) is 18.3. The first-order chi connectivity index (χ1) is 15.5. The van der Waals surface area contributed by atoms with Crippen LogP contribution in [-0.2, 0) is 10.2 Å². The molecule has 2 heterocycles. The Hall–Kier alpha value is -3.22. The first kappa shape index (κ1) is 20.7. The molecule has 2 amide bonds. The first-order valence-electron chi connectivity index (χ1n) is 11.2. The number of carbonyl (C=O) groups is 2. The summed E-state index contributed by atoms with van der Waals surface area (Å²) in [5.74, 6) is 1.55. The highest BCUT2D eigenvalue weighted by Crippen LogP contribution is 2.52. The van der Waals surface area contributed by atoms with E-state index in [2.05, 4.69) is 19.1 Å². The molecule has 0 aromatic heterocycles. The molecule has 168 valence electrons. The van der Waals surface area contributed by atoms with Crippen LogP contribution in [0, 0.1) is 0 Å². The van der Waals surface area contributed by atoms with Gasteiger partial charge in [0.2, 0.25) is 0 Å². The van der Waals surface area contributed by atoms with Crippen molar-refractivity contribution < 1.29 is 23.8 Å². The monoisotopic (exact) mass is 436 g/mol. The molecule has 5 rings (SSSR count). The Morgan fingerprint density at radius 2 is 1.75 bits per heavy atom. The molecule has 1 aliphatic carbocycles. The van der Waals surface area contributed by atoms with Crippen LogP contribution in [-0.4, -0.2) is 43.1 Å². The van der Waals surface area contributed by atoms with Crippen molar-refractivity contribution in [2.24, 2.45) is 5.73 Å². The minimum Gasteiger partial charge on any atom is -0.486 e. The van der Waals surface area contributed by atoms with Gasteiger partial charge in [-0.1, -0.05) is 12.8 Å². The van der Waals surface area contributed by atoms with Crippen molar-refractivity contribution >= 4 is 11.8 Å². The van der Waals surface area contributed by atoms with Crippen LogP contribution in [0.1, 0.15) is 60.1 Å². The second-order valence-electron chi connectivity index (χ2n) is 8.96. The third-order valence-electron chi connectivity index (χ3n) is 6.98. The molecular weight excluding hydrogens is 408 g/mol. The first-order valence-corrected chi connectivity index (χ1v) is 11.2. The minimum absolute atomic E-state index is 0.00855. The van der Waals surface area contributed by atoms with E-state index in [0.29, 0.717) is 31.1 Å². The predicted molar refractivity (Wildman–Crippen MR) is 118 cm³/mol. The highest BCUT2D eigenvalue weighted by Gasteiger charge is 2.46. The molecule has 0 bridgehead atoms. The quantitative estimate of drug-likeness (QED) is 0.794. The van der Waals surface area contributed by atoms with Crippen molar-refractivity contribution in [1.29, 1.82) is 0 Å². The van der Waals surface area contributed by atoms with Crippen molar-refractivity contribution in [3.8, 4) is 17.2 Å². The number of hydrogen-bond donors (Lipinski definition) is 1. The molecule has 2 aromatic carbocycles. The SMILES string of the molecule is CC1c2cc3c(cc2C2(CCCC2)CN1C(=O)c1ccc(OCC(N)=O)cc1)OCCO3. The van der Waals surface area contributed by atoms with Gasteiger partial charge in [0.15, 0.2) is 18.1 Å². The van der Waals surface area contributed by atoms with Crippen LogP contribution in [0.25, 0.3) is 0 Å². The van der Waals surface area contributed by atoms with Gasteiger partial charge in [0.1, 0.15) is 19.0 Å². The zero-order valence-corrected chi connectivity index (χ0v) is 18.3. The van der Waals surface area contributed by atoms with Crippen LogP contribution >= 0.6 is 0 Å². The molecule has 0 saturated heterocycles. The second kappa shape index (κ2) is 8.04. The summed E-state index contributed by atoms with van der Waals surface area (Å²) in [7, 11) is 0. The predicted octanol–water partition coefficient (Wildman–Crippen LogP) is 3.35. The molecule has 0 radical (unpaired) electrons. The molecule has 2 N–H and O–H groups in total. The third-order valence-corrected chi connectivity index (χ3v) is 6.98. The fraction of sp³-hybridized carbons (Fsp3) is 0.440. The van der Waals surface area contributed by atoms with Crippen LogP contribution in [0.2, 0.25) is 0 Å². The fourth-order valence-corrected chi connectivity index (χ4v) is 5.37. The van der Waals surface area contributed by atoms with Crippen molar-refractivity contribution in [2.45, 2.75) is 44.1 Å². The largest absolute Gasteiger partial charge is 0.486 e. The second-order valence-corrected chi connectivity index (χ2v) is 8.96. The van der Waals surface area contributed by atoms with E-state index in [4.69, 9.17) is 19.9 Å². The van der Waals surface area contributed by atoms with E-state index < -0.39 is 5.91 Å². The molecule has 1 unspecified atom stereocenters. The summed E-state index contributed by atoms with van der Waals surface area (Å²) in [6.45, 7) is 3.70. The van der Waals surface area contributed by atoms with E-state index in [0.717, 1.165) is 42.7 Å². The molecule has 1 atom stereocenters. The number of carbonyl (C=O) groups excluding carboxylic acids is 2. The number of fused-ring (bicyclic) bond motifs is 3. The summed E-state index contributed by atoms with van der Waals surface area (Å²) in [6, 6.07) is 11.0. The number of nitrogens with zero attached hydrogens (tertiary/aromatic N) is 1. The van der Waals surface area contributed by atoms with Crippen LogP contribution in [0.4, 0.5) is 0 Å². The van der Waals surface area contributed by atoms with Gasteiger partial charge in [-0.2, -0.15) is 0 Å². The van der Waals surface area contributed by atoms with Crippen molar-refractivity contribution in [3.63, 3.8) is 0 Å². The van der Waals surface area contributed by atoms with Gasteiger partial charge < -0.3 is 24.8 Å². The van der Waals surface area contributed by atoms with Crippen molar-refractivity contribution in [3.05, 3.63) is 53.1 Å². The average Bonchev–Trinajstić information content (AvgIpc) is 3.28. The molecule has 3 aliphatic rings. The molecule has 7 nitrogen and oxygen atoms in total. The number of primary amides is 1. The lowest BCUT2D eigenvalue weighted by atomic mass is 9.71. The van der Waals surface area contributed by atoms with E-state index >= 15 is 0 Å². The van der Waals surface area contributed by atoms with Crippen molar-refractivity contribution in [2.75, 3.05) is 26.4 Å². The van der Waals surface area contributed by atoms with Crippen molar-refractivity contribution in [1.82, 2.24) is 4.90 Å². The van der Waals surface area contributed by atoms with Gasteiger partial charge in [-0.05, 0) is 67.3 Å². The number of nitrogens with two attached hydrogens (primary N) is 1. The van der Waals surface area contributed by atoms with Crippen LogP contribution in [0.15, 0.2) is 36.4 Å². The summed E-state index contributed by atoms with van der Waals surface area (Å²) in [6.07, 6.45) is 4.46. The maximum absolute atomic E-state index is 13.6. The summed E-state index contributed by atoms with van der Waals surface area (Å²) < 4.78 is 17.0. The van der Waals surface area contributed by atoms with E-state index in [1.165, 1.54) is 5.56 Å². The van der Waals surface area contributed by atoms with E-state index in [-0.39, 0.29) is 24.0 Å². The van der Waals surface area contributed by atoms with Gasteiger partial charge in [0.25, 0.3) is 11.8 Å². The lowest BCUT2D eigenvalue weighted by Gasteiger charge is -2.46. The number of amides is 2. The maximum Gasteiger partial charge on any atom is 0.255 e. The molecule has 32 heavy (non-hydrogen) atoms. The normalized spacial score (nSPS) is 20.7. The molecule has 2 aromatic rings. The van der Waals surface area contributed by atoms with Crippen LogP contribution in [0.5, 0.6) is 17.2 Å². The summed E-state index contributed by atoms with van der Waals surface area (Å²) in [4.78, 5) is 26.5. The highest BCUT2D eigenvalue weighted by atomic mass is 16.6. The smallest absolute Gasteiger partial charge is 0.255 e. The Balaban J connectivity index is 1.46. The Morgan fingerprint density at radius 1 is 1.09 bits per heavy atom. The molecule has 7 heteroatoms. The molecule has 1 spiro atoms. The van der Waals surface area contributed by atoms with Gasteiger partial charge in [0.05, 0.1) is 6.04 Å². The zero-order chi connectivity index (χ0) is 22.3. The van der Waals surface area contributed by atoms with Gasteiger partial charge in [0, 0.05) is 17.5 Å². The fourth-order valence-electron chi connectivity index (χ4n) is 5.37. The topological polar surface area (TPSA) is 91.1 Å². The molecule has 2 aliphatic heterocycles. The van der Waals surface area contributed by atoms with Gasteiger partial charge in [-0.3, -0.25) is 9.59 Å². The number of benzene rings is 2.